The molecule has 0 atom stereocenters. The molecule has 0 N–H and O–H groups in total. The Kier molecular flexibility index (Phi) is 5.83. The molecule has 0 fully saturated rings. The third-order valence-electron chi connectivity index (χ3n) is 2.56. The Labute approximate surface area is 101 Å². The van der Waals surface area contributed by atoms with Crippen LogP contribution in [0.25, 0.3) is 0 Å². The third kappa shape index (κ3) is 7.27. The van der Waals surface area contributed by atoms with E-state index in [4.69, 9.17) is 0 Å². The Morgan fingerprint density at radius 2 is 1.59 bits per heavy atom. The van der Waals surface area contributed by atoms with Crippen LogP contribution in [0.5, 0.6) is 0 Å². The van der Waals surface area contributed by atoms with E-state index in [0.717, 1.165) is 31.2 Å². The number of hydrogen-bond donors (Lipinski definition) is 0. The molecule has 1 rings (SSSR count). The summed E-state index contributed by atoms with van der Waals surface area (Å²) in [5.41, 5.74) is 1.07. The lowest BCUT2D eigenvalue weighted by molar-refractivity contribution is -0.313. The predicted molar refractivity (Wildman–Crippen MR) is 61.0 cm³/mol. The lowest BCUT2D eigenvalue weighted by atomic mass is 10.1. The summed E-state index contributed by atoms with van der Waals surface area (Å²) >= 11 is 0. The molecule has 0 saturated heterocycles. The van der Waals surface area contributed by atoms with Gasteiger partial charge in [-0.3, -0.25) is 0 Å². The molecular weight excluding hydrogens is 242 g/mol. The van der Waals surface area contributed by atoms with Gasteiger partial charge in [0.1, 0.15) is 5.82 Å². The van der Waals surface area contributed by atoms with Gasteiger partial charge in [0, 0.05) is 0 Å². The standard InChI is InChI=1S/C12H18FO3P/c13-12-8-6-11(7-9-12)5-3-1-2-4-10-17(14,15)16/h6-9H,1-5,10H2,(H2,14,15,16)/p-2. The zero-order valence-electron chi connectivity index (χ0n) is 9.60. The lowest BCUT2D eigenvalue weighted by Crippen LogP contribution is -2.16. The highest BCUT2D eigenvalue weighted by Gasteiger charge is 1.96. The van der Waals surface area contributed by atoms with Crippen molar-refractivity contribution in [2.24, 2.45) is 0 Å². The zero-order chi connectivity index (χ0) is 12.7. The molecule has 0 unspecified atom stereocenters. The molecule has 0 aliphatic rings. The first-order valence-electron chi connectivity index (χ1n) is 5.73. The smallest absolute Gasteiger partial charge is 0.123 e. The minimum absolute atomic E-state index is 0.240. The van der Waals surface area contributed by atoms with Gasteiger partial charge in [-0.15, -0.1) is 0 Å². The molecular formula is C12H16FO3P-2. The van der Waals surface area contributed by atoms with Crippen molar-refractivity contribution in [3.8, 4) is 0 Å². The number of unbranched alkanes of at least 4 members (excludes halogenated alkanes) is 3. The molecule has 0 bridgehead atoms. The number of halogens is 1. The third-order valence-corrected chi connectivity index (χ3v) is 3.42. The van der Waals surface area contributed by atoms with Crippen molar-refractivity contribution < 1.29 is 18.7 Å². The van der Waals surface area contributed by atoms with Crippen LogP contribution in [0.1, 0.15) is 31.2 Å². The number of benzene rings is 1. The van der Waals surface area contributed by atoms with Crippen LogP contribution in [0.15, 0.2) is 24.3 Å². The first kappa shape index (κ1) is 14.4. The molecule has 5 heteroatoms. The number of hydrogen-bond acceptors (Lipinski definition) is 3. The maximum atomic E-state index is 12.6. The molecule has 96 valence electrons. The molecule has 0 saturated carbocycles. The van der Waals surface area contributed by atoms with Crippen molar-refractivity contribution in [3.05, 3.63) is 35.6 Å². The fourth-order valence-electron chi connectivity index (χ4n) is 1.64. The van der Waals surface area contributed by atoms with Crippen LogP contribution < -0.4 is 9.79 Å². The monoisotopic (exact) mass is 258 g/mol. The van der Waals surface area contributed by atoms with Gasteiger partial charge in [-0.05, 0) is 43.1 Å². The van der Waals surface area contributed by atoms with Gasteiger partial charge in [0.25, 0.3) is 0 Å². The molecule has 0 spiro atoms. The van der Waals surface area contributed by atoms with E-state index >= 15 is 0 Å². The first-order valence-corrected chi connectivity index (χ1v) is 7.46. The summed E-state index contributed by atoms with van der Waals surface area (Å²) < 4.78 is 23.0. The summed E-state index contributed by atoms with van der Waals surface area (Å²) in [6, 6.07) is 6.36. The van der Waals surface area contributed by atoms with Crippen LogP contribution in [0.2, 0.25) is 0 Å². The van der Waals surface area contributed by atoms with Crippen LogP contribution >= 0.6 is 7.60 Å². The highest BCUT2D eigenvalue weighted by Crippen LogP contribution is 2.25. The lowest BCUT2D eigenvalue weighted by Gasteiger charge is -2.29. The molecule has 0 aromatic heterocycles. The maximum Gasteiger partial charge on any atom is 0.123 e. The van der Waals surface area contributed by atoms with Gasteiger partial charge in [0.2, 0.25) is 0 Å². The molecule has 0 radical (unpaired) electrons. The van der Waals surface area contributed by atoms with Crippen molar-refractivity contribution in [2.45, 2.75) is 32.1 Å². The van der Waals surface area contributed by atoms with E-state index in [1.165, 1.54) is 12.1 Å². The van der Waals surface area contributed by atoms with Gasteiger partial charge < -0.3 is 14.4 Å². The van der Waals surface area contributed by atoms with Gasteiger partial charge in [0.15, 0.2) is 0 Å². The van der Waals surface area contributed by atoms with Crippen molar-refractivity contribution in [3.63, 3.8) is 0 Å². The van der Waals surface area contributed by atoms with E-state index in [9.17, 15) is 18.7 Å². The molecule has 1 aromatic carbocycles. The van der Waals surface area contributed by atoms with Crippen LogP contribution in [-0.4, -0.2) is 6.16 Å². The largest absolute Gasteiger partial charge is 0.811 e. The van der Waals surface area contributed by atoms with E-state index in [1.54, 1.807) is 12.1 Å². The Balaban J connectivity index is 2.08. The fourth-order valence-corrected chi connectivity index (χ4v) is 2.25. The highest BCUT2D eigenvalue weighted by atomic mass is 31.2. The van der Waals surface area contributed by atoms with Crippen LogP contribution in [0, 0.1) is 5.82 Å². The molecule has 0 heterocycles. The Hall–Kier alpha value is -0.700. The van der Waals surface area contributed by atoms with E-state index in [-0.39, 0.29) is 12.0 Å². The van der Waals surface area contributed by atoms with E-state index in [1.807, 2.05) is 0 Å². The van der Waals surface area contributed by atoms with Gasteiger partial charge in [-0.1, -0.05) is 32.6 Å². The summed E-state index contributed by atoms with van der Waals surface area (Å²) in [6.45, 7) is 0. The average Bonchev–Trinajstić information content (AvgIpc) is 2.24. The van der Waals surface area contributed by atoms with E-state index < -0.39 is 7.60 Å². The van der Waals surface area contributed by atoms with Crippen LogP contribution in [0.3, 0.4) is 0 Å². The Morgan fingerprint density at radius 3 is 2.18 bits per heavy atom. The maximum absolute atomic E-state index is 12.6. The molecule has 0 amide bonds. The zero-order valence-corrected chi connectivity index (χ0v) is 10.5. The number of aryl methyl sites for hydroxylation is 1. The highest BCUT2D eigenvalue weighted by molar-refractivity contribution is 7.48. The van der Waals surface area contributed by atoms with Crippen LogP contribution in [-0.2, 0) is 11.0 Å². The summed E-state index contributed by atoms with van der Waals surface area (Å²) in [5, 5.41) is 0. The first-order chi connectivity index (χ1) is 7.97. The second kappa shape index (κ2) is 6.90. The summed E-state index contributed by atoms with van der Waals surface area (Å²) in [6.07, 6.45) is 3.60. The topological polar surface area (TPSA) is 63.2 Å². The predicted octanol–water partition coefficient (Wildman–Crippen LogP) is 1.84. The summed E-state index contributed by atoms with van der Waals surface area (Å²) in [7, 11) is -4.32. The van der Waals surface area contributed by atoms with Gasteiger partial charge >= 0.3 is 0 Å². The summed E-state index contributed by atoms with van der Waals surface area (Å²) in [5.74, 6) is -0.240. The molecule has 3 nitrogen and oxygen atoms in total. The fraction of sp³-hybridized carbons (Fsp3) is 0.500. The Morgan fingerprint density at radius 1 is 1.00 bits per heavy atom. The van der Waals surface area contributed by atoms with Crippen LogP contribution in [0.4, 0.5) is 4.39 Å². The molecule has 0 aliphatic heterocycles. The normalized spacial score (nSPS) is 11.7. The van der Waals surface area contributed by atoms with Crippen molar-refractivity contribution in [1.29, 1.82) is 0 Å². The minimum atomic E-state index is -4.32. The Bertz CT molecular complexity index is 372. The second-order valence-electron chi connectivity index (χ2n) is 4.13. The summed E-state index contributed by atoms with van der Waals surface area (Å²) in [4.78, 5) is 20.7. The van der Waals surface area contributed by atoms with Crippen molar-refractivity contribution in [2.75, 3.05) is 6.16 Å². The van der Waals surface area contributed by atoms with Gasteiger partial charge in [-0.2, -0.15) is 0 Å². The number of rotatable bonds is 7. The van der Waals surface area contributed by atoms with E-state index in [2.05, 4.69) is 0 Å². The quantitative estimate of drug-likeness (QED) is 0.553. The molecule has 1 aromatic rings. The second-order valence-corrected chi connectivity index (χ2v) is 5.79. The van der Waals surface area contributed by atoms with Crippen molar-refractivity contribution >= 4 is 7.60 Å². The SMILES string of the molecule is O=P([O-])([O-])CCCCCCc1ccc(F)cc1. The van der Waals surface area contributed by atoms with Crippen molar-refractivity contribution in [1.82, 2.24) is 0 Å². The molecule has 17 heavy (non-hydrogen) atoms. The van der Waals surface area contributed by atoms with E-state index in [0.29, 0.717) is 6.42 Å². The van der Waals surface area contributed by atoms with Gasteiger partial charge in [0.05, 0.1) is 0 Å². The van der Waals surface area contributed by atoms with Gasteiger partial charge in [-0.25, -0.2) is 4.39 Å². The minimum Gasteiger partial charge on any atom is -0.811 e. The molecule has 0 aliphatic carbocycles. The average molecular weight is 258 g/mol.